The number of guanidine groups is 1. The van der Waals surface area contributed by atoms with Crippen molar-refractivity contribution in [2.24, 2.45) is 33.8 Å². The Hall–Kier alpha value is -3.07. The molecule has 0 rings (SSSR count). The van der Waals surface area contributed by atoms with E-state index in [1.165, 1.54) is 11.8 Å². The Morgan fingerprint density at radius 2 is 1.56 bits per heavy atom. The average molecular weight is 533 g/mol. The number of hydrogen-bond acceptors (Lipinski definition) is 8. The van der Waals surface area contributed by atoms with Crippen LogP contribution in [0.2, 0.25) is 0 Å². The smallest absolute Gasteiger partial charge is 0.326 e. The number of carbonyl (C=O) groups is 5. The Kier molecular flexibility index (Phi) is 15.9. The third-order valence-electron chi connectivity index (χ3n) is 5.36. The number of carbonyl (C=O) groups excluding carboxylic acids is 4. The van der Waals surface area contributed by atoms with Gasteiger partial charge >= 0.3 is 5.97 Å². The quantitative estimate of drug-likeness (QED) is 0.0526. The van der Waals surface area contributed by atoms with Gasteiger partial charge in [0, 0.05) is 6.54 Å². The van der Waals surface area contributed by atoms with Crippen molar-refractivity contribution in [3.05, 3.63) is 0 Å². The number of primary amides is 1. The monoisotopic (exact) mass is 532 g/mol. The third-order valence-corrected chi connectivity index (χ3v) is 6.01. The maximum atomic E-state index is 13.0. The average Bonchev–Trinajstić information content (AvgIpc) is 2.80. The summed E-state index contributed by atoms with van der Waals surface area (Å²) < 4.78 is 0. The Morgan fingerprint density at radius 1 is 0.944 bits per heavy atom. The summed E-state index contributed by atoms with van der Waals surface area (Å²) in [5, 5.41) is 16.8. The first-order chi connectivity index (χ1) is 16.8. The molecule has 0 aliphatic carbocycles. The molecule has 0 aliphatic heterocycles. The van der Waals surface area contributed by atoms with E-state index in [4.69, 9.17) is 22.9 Å². The van der Waals surface area contributed by atoms with Gasteiger partial charge in [0.15, 0.2) is 5.96 Å². The van der Waals surface area contributed by atoms with Gasteiger partial charge < -0.3 is 44.0 Å². The van der Waals surface area contributed by atoms with Crippen molar-refractivity contribution in [2.45, 2.75) is 70.1 Å². The zero-order chi connectivity index (χ0) is 27.8. The van der Waals surface area contributed by atoms with Gasteiger partial charge in [0.25, 0.3) is 0 Å². The number of thioether (sulfide) groups is 1. The van der Waals surface area contributed by atoms with Crippen LogP contribution in [0.15, 0.2) is 4.99 Å². The topological polar surface area (TPSA) is 258 Å². The predicted octanol–water partition coefficient (Wildman–Crippen LogP) is -2.42. The summed E-state index contributed by atoms with van der Waals surface area (Å²) in [5.41, 5.74) is 21.6. The van der Waals surface area contributed by atoms with Crippen LogP contribution < -0.4 is 38.9 Å². The van der Waals surface area contributed by atoms with Crippen LogP contribution in [0, 0.1) is 5.92 Å². The molecule has 15 heteroatoms. The Morgan fingerprint density at radius 3 is 2.06 bits per heavy atom. The minimum Gasteiger partial charge on any atom is -0.480 e. The molecule has 0 saturated heterocycles. The number of nitrogens with zero attached hydrogens (tertiary/aromatic N) is 1. The SMILES string of the molecule is CCC(C)C(NC(=O)C(N)CCSC)C(=O)NC(CC(N)=O)C(=O)NC(CCCN=C(N)N)C(=O)O. The summed E-state index contributed by atoms with van der Waals surface area (Å²) >= 11 is 1.53. The normalized spacial score (nSPS) is 14.9. The molecule has 0 aromatic heterocycles. The van der Waals surface area contributed by atoms with Crippen molar-refractivity contribution >= 4 is 47.3 Å². The van der Waals surface area contributed by atoms with Gasteiger partial charge in [0.2, 0.25) is 23.6 Å². The summed E-state index contributed by atoms with van der Waals surface area (Å²) in [6.07, 6.45) is 2.47. The van der Waals surface area contributed by atoms with Gasteiger partial charge in [-0.1, -0.05) is 20.3 Å². The van der Waals surface area contributed by atoms with Crippen LogP contribution in [0.5, 0.6) is 0 Å². The predicted molar refractivity (Wildman–Crippen MR) is 138 cm³/mol. The number of aliphatic carboxylic acids is 1. The molecule has 5 atom stereocenters. The lowest BCUT2D eigenvalue weighted by Gasteiger charge is -2.27. The van der Waals surface area contributed by atoms with Gasteiger partial charge in [-0.05, 0) is 37.2 Å². The van der Waals surface area contributed by atoms with E-state index in [1.807, 2.05) is 13.2 Å². The molecule has 36 heavy (non-hydrogen) atoms. The van der Waals surface area contributed by atoms with E-state index in [9.17, 15) is 29.1 Å². The zero-order valence-corrected chi connectivity index (χ0v) is 21.8. The minimum absolute atomic E-state index is 0.00538. The fourth-order valence-electron chi connectivity index (χ4n) is 3.04. The summed E-state index contributed by atoms with van der Waals surface area (Å²) in [5.74, 6) is -4.19. The second-order valence-electron chi connectivity index (χ2n) is 8.34. The van der Waals surface area contributed by atoms with E-state index in [0.717, 1.165) is 0 Å². The van der Waals surface area contributed by atoms with E-state index in [2.05, 4.69) is 20.9 Å². The molecule has 0 heterocycles. The molecule has 12 N–H and O–H groups in total. The highest BCUT2D eigenvalue weighted by atomic mass is 32.2. The van der Waals surface area contributed by atoms with Crippen molar-refractivity contribution in [1.82, 2.24) is 16.0 Å². The maximum absolute atomic E-state index is 13.0. The number of nitrogens with two attached hydrogens (primary N) is 4. The van der Waals surface area contributed by atoms with Crippen molar-refractivity contribution in [1.29, 1.82) is 0 Å². The summed E-state index contributed by atoms with van der Waals surface area (Å²) in [6, 6.07) is -4.64. The molecule has 206 valence electrons. The fourth-order valence-corrected chi connectivity index (χ4v) is 3.53. The minimum atomic E-state index is -1.46. The molecule has 0 aromatic carbocycles. The van der Waals surface area contributed by atoms with Crippen LogP contribution in [-0.4, -0.2) is 83.4 Å². The molecule has 0 radical (unpaired) electrons. The maximum Gasteiger partial charge on any atom is 0.326 e. The summed E-state index contributed by atoms with van der Waals surface area (Å²) in [4.78, 5) is 65.3. The number of nitrogens with one attached hydrogen (secondary N) is 3. The third kappa shape index (κ3) is 13.1. The largest absolute Gasteiger partial charge is 0.480 e. The van der Waals surface area contributed by atoms with Gasteiger partial charge in [0.1, 0.15) is 18.1 Å². The van der Waals surface area contributed by atoms with Gasteiger partial charge in [-0.3, -0.25) is 24.2 Å². The number of carboxylic acid groups (broad SMARTS) is 1. The number of rotatable bonds is 18. The van der Waals surface area contributed by atoms with Crippen molar-refractivity contribution < 1.29 is 29.1 Å². The second-order valence-corrected chi connectivity index (χ2v) is 9.33. The molecule has 5 unspecified atom stereocenters. The molecule has 0 bridgehead atoms. The number of amides is 4. The van der Waals surface area contributed by atoms with Crippen molar-refractivity contribution in [3.63, 3.8) is 0 Å². The molecular weight excluding hydrogens is 492 g/mol. The Bertz CT molecular complexity index is 792. The van der Waals surface area contributed by atoms with Crippen LogP contribution in [0.4, 0.5) is 0 Å². The van der Waals surface area contributed by atoms with E-state index >= 15 is 0 Å². The van der Waals surface area contributed by atoms with Crippen molar-refractivity contribution in [2.75, 3.05) is 18.6 Å². The molecule has 0 spiro atoms. The fraction of sp³-hybridized carbons (Fsp3) is 0.714. The molecular formula is C21H40N8O6S. The van der Waals surface area contributed by atoms with Crippen molar-refractivity contribution in [3.8, 4) is 0 Å². The van der Waals surface area contributed by atoms with Gasteiger partial charge in [-0.15, -0.1) is 0 Å². The first-order valence-electron chi connectivity index (χ1n) is 11.6. The number of hydrogen-bond donors (Lipinski definition) is 8. The van der Waals surface area contributed by atoms with Crippen LogP contribution in [0.25, 0.3) is 0 Å². The Balaban J connectivity index is 5.49. The molecule has 0 aromatic rings. The van der Waals surface area contributed by atoms with Gasteiger partial charge in [0.05, 0.1) is 12.5 Å². The zero-order valence-electron chi connectivity index (χ0n) is 21.0. The molecule has 0 aliphatic rings. The first-order valence-corrected chi connectivity index (χ1v) is 12.9. The highest BCUT2D eigenvalue weighted by Gasteiger charge is 2.33. The summed E-state index contributed by atoms with van der Waals surface area (Å²) in [6.45, 7) is 3.70. The van der Waals surface area contributed by atoms with Crippen LogP contribution >= 0.6 is 11.8 Å². The molecule has 4 amide bonds. The van der Waals surface area contributed by atoms with E-state index in [1.54, 1.807) is 6.92 Å². The molecule has 14 nitrogen and oxygen atoms in total. The standard InChI is InChI=1S/C21H40N8O6S/c1-4-11(2)16(29-17(31)12(22)7-9-36-3)19(33)28-14(10-15(23)30)18(32)27-13(20(34)35)6-5-8-26-21(24)25/h11-14,16H,4-10,22H2,1-3H3,(H2,23,30)(H,27,32)(H,28,33)(H,29,31)(H,34,35)(H4,24,25,26). The highest BCUT2D eigenvalue weighted by molar-refractivity contribution is 7.98. The van der Waals surface area contributed by atoms with Crippen LogP contribution in [-0.2, 0) is 24.0 Å². The Labute approximate surface area is 215 Å². The van der Waals surface area contributed by atoms with E-state index in [-0.39, 0.29) is 31.3 Å². The van der Waals surface area contributed by atoms with E-state index < -0.39 is 60.2 Å². The number of carboxylic acids is 1. The summed E-state index contributed by atoms with van der Waals surface area (Å²) in [7, 11) is 0. The second kappa shape index (κ2) is 17.4. The first kappa shape index (κ1) is 32.9. The van der Waals surface area contributed by atoms with E-state index in [0.29, 0.717) is 18.6 Å². The van der Waals surface area contributed by atoms with Gasteiger partial charge in [-0.2, -0.15) is 11.8 Å². The molecule has 0 fully saturated rings. The molecule has 0 saturated carbocycles. The lowest BCUT2D eigenvalue weighted by Crippen LogP contribution is -2.59. The lowest BCUT2D eigenvalue weighted by atomic mass is 9.97. The van der Waals surface area contributed by atoms with Gasteiger partial charge in [-0.25, -0.2) is 4.79 Å². The lowest BCUT2D eigenvalue weighted by molar-refractivity contribution is -0.142. The number of aliphatic imine (C=N–C) groups is 1. The van der Waals surface area contributed by atoms with Crippen LogP contribution in [0.1, 0.15) is 46.0 Å². The van der Waals surface area contributed by atoms with Crippen LogP contribution in [0.3, 0.4) is 0 Å². The highest BCUT2D eigenvalue weighted by Crippen LogP contribution is 2.10.